The van der Waals surface area contributed by atoms with E-state index in [1.165, 1.54) is 18.6 Å². The molecule has 1 aliphatic rings. The summed E-state index contributed by atoms with van der Waals surface area (Å²) in [4.78, 5) is 11.6. The smallest absolute Gasteiger partial charge is 0.258 e. The van der Waals surface area contributed by atoms with Gasteiger partial charge in [-0.25, -0.2) is 4.21 Å². The van der Waals surface area contributed by atoms with E-state index in [0.29, 0.717) is 10.5 Å². The van der Waals surface area contributed by atoms with Gasteiger partial charge in [0.05, 0.1) is 33.4 Å². The van der Waals surface area contributed by atoms with Gasteiger partial charge in [0.1, 0.15) is 0 Å². The second-order valence-electron chi connectivity index (χ2n) is 2.84. The van der Waals surface area contributed by atoms with Gasteiger partial charge in [0.15, 0.2) is 0 Å². The van der Waals surface area contributed by atoms with E-state index in [4.69, 9.17) is 0 Å². The van der Waals surface area contributed by atoms with Crippen molar-refractivity contribution in [2.75, 3.05) is 6.26 Å². The summed E-state index contributed by atoms with van der Waals surface area (Å²) in [5.74, 6) is -0.354. The first-order valence-corrected chi connectivity index (χ1v) is 5.56. The van der Waals surface area contributed by atoms with Crippen LogP contribution in [-0.2, 0) is 20.9 Å². The number of carbonyl (C=O) groups is 1. The molecule has 2 rings (SSSR count). The van der Waals surface area contributed by atoms with E-state index in [2.05, 4.69) is 14.6 Å². The number of amides is 1. The van der Waals surface area contributed by atoms with Crippen LogP contribution >= 0.6 is 0 Å². The largest absolute Gasteiger partial charge is 0.272 e. The topological polar surface area (TPSA) is 72.3 Å². The molecule has 1 amide bonds. The molecule has 5 nitrogen and oxygen atoms in total. The molecular weight excluding hydrogens is 190 g/mol. The van der Waals surface area contributed by atoms with Gasteiger partial charge in [0.2, 0.25) is 0 Å². The molecule has 0 aliphatic carbocycles. The minimum Gasteiger partial charge on any atom is -0.272 e. The molecule has 6 heteroatoms. The van der Waals surface area contributed by atoms with Crippen molar-refractivity contribution in [2.45, 2.75) is 11.3 Å². The highest BCUT2D eigenvalue weighted by atomic mass is 32.2. The molecule has 0 N–H and O–H groups in total. The Morgan fingerprint density at radius 1 is 1.38 bits per heavy atom. The predicted octanol–water partition coefficient (Wildman–Crippen LogP) is 0.0160. The van der Waals surface area contributed by atoms with Gasteiger partial charge in [-0.05, 0) is 0 Å². The minimum absolute atomic E-state index is 0.176. The Balaban J connectivity index is 2.77. The summed E-state index contributed by atoms with van der Waals surface area (Å²) in [6.07, 6.45) is 4.49. The second kappa shape index (κ2) is 2.59. The van der Waals surface area contributed by atoms with Gasteiger partial charge in [0, 0.05) is 11.8 Å². The number of carbonyl (C=O) groups excluding carboxylic acids is 1. The second-order valence-corrected chi connectivity index (χ2v) is 5.07. The number of aromatic nitrogens is 2. The third kappa shape index (κ3) is 1.33. The van der Waals surface area contributed by atoms with Crippen LogP contribution in [0, 0.1) is 0 Å². The zero-order valence-electron chi connectivity index (χ0n) is 6.93. The van der Waals surface area contributed by atoms with E-state index in [-0.39, 0.29) is 12.3 Å². The first kappa shape index (κ1) is 8.31. The van der Waals surface area contributed by atoms with Crippen molar-refractivity contribution < 1.29 is 9.00 Å². The lowest BCUT2D eigenvalue weighted by Crippen LogP contribution is -2.15. The van der Waals surface area contributed by atoms with Gasteiger partial charge in [-0.15, -0.1) is 0 Å². The average Bonchev–Trinajstić information content (AvgIpc) is 2.02. The number of hydrogen-bond donors (Lipinski definition) is 0. The molecule has 0 radical (unpaired) electrons. The van der Waals surface area contributed by atoms with Crippen LogP contribution in [0.15, 0.2) is 21.7 Å². The lowest BCUT2D eigenvalue weighted by molar-refractivity contribution is -0.117. The Morgan fingerprint density at radius 2 is 2.08 bits per heavy atom. The molecule has 1 aromatic heterocycles. The maximum absolute atomic E-state index is 11.8. The predicted molar refractivity (Wildman–Crippen MR) is 45.5 cm³/mol. The molecule has 0 bridgehead atoms. The quantitative estimate of drug-likeness (QED) is 0.587. The van der Waals surface area contributed by atoms with Crippen LogP contribution in [0.4, 0.5) is 0 Å². The fourth-order valence-corrected chi connectivity index (χ4v) is 2.65. The fraction of sp³-hybridized carbons (Fsp3) is 0.286. The molecule has 0 saturated heterocycles. The number of nitrogens with zero attached hydrogens (tertiary/aromatic N) is 3. The summed E-state index contributed by atoms with van der Waals surface area (Å²) in [6, 6.07) is 0. The van der Waals surface area contributed by atoms with E-state index in [1.807, 2.05) is 0 Å². The Kier molecular flexibility index (Phi) is 1.66. The van der Waals surface area contributed by atoms with Crippen molar-refractivity contribution in [3.8, 4) is 0 Å². The molecule has 0 aromatic carbocycles. The highest BCUT2D eigenvalue weighted by molar-refractivity contribution is 7.93. The van der Waals surface area contributed by atoms with Crippen LogP contribution in [0.1, 0.15) is 5.56 Å². The molecule has 1 unspecified atom stereocenters. The maximum atomic E-state index is 11.8. The Labute approximate surface area is 75.4 Å². The van der Waals surface area contributed by atoms with Gasteiger partial charge < -0.3 is 0 Å². The SMILES string of the molecule is CS1(=O)=NC(=O)Cc2cnncc21. The molecule has 13 heavy (non-hydrogen) atoms. The maximum Gasteiger partial charge on any atom is 0.258 e. The lowest BCUT2D eigenvalue weighted by atomic mass is 10.2. The zero-order chi connectivity index (χ0) is 9.47. The van der Waals surface area contributed by atoms with E-state index >= 15 is 0 Å². The van der Waals surface area contributed by atoms with E-state index < -0.39 is 9.73 Å². The van der Waals surface area contributed by atoms with Gasteiger partial charge in [-0.3, -0.25) is 4.79 Å². The lowest BCUT2D eigenvalue weighted by Gasteiger charge is -2.12. The first-order chi connectivity index (χ1) is 6.09. The molecule has 1 aromatic rings. The van der Waals surface area contributed by atoms with Gasteiger partial charge in [-0.2, -0.15) is 14.6 Å². The van der Waals surface area contributed by atoms with E-state index in [1.54, 1.807) is 0 Å². The van der Waals surface area contributed by atoms with Crippen molar-refractivity contribution in [1.29, 1.82) is 0 Å². The molecule has 0 saturated carbocycles. The highest BCUT2D eigenvalue weighted by Gasteiger charge is 2.21. The molecule has 68 valence electrons. The number of hydrogen-bond acceptors (Lipinski definition) is 4. The van der Waals surface area contributed by atoms with Crippen molar-refractivity contribution >= 4 is 15.6 Å². The van der Waals surface area contributed by atoms with Crippen molar-refractivity contribution in [3.63, 3.8) is 0 Å². The van der Waals surface area contributed by atoms with Crippen LogP contribution in [0.5, 0.6) is 0 Å². The summed E-state index contributed by atoms with van der Waals surface area (Å²) < 4.78 is 15.4. The molecule has 1 aliphatic heterocycles. The van der Waals surface area contributed by atoms with E-state index in [0.717, 1.165) is 0 Å². The standard InChI is InChI=1S/C7H7N3O2S/c1-13(12)6-4-9-8-3-5(6)2-7(11)10-13/h3-4H,2H2,1H3. The fourth-order valence-electron chi connectivity index (χ4n) is 1.25. The van der Waals surface area contributed by atoms with Crippen molar-refractivity contribution in [1.82, 2.24) is 10.2 Å². The summed E-state index contributed by atoms with van der Waals surface area (Å²) in [5, 5.41) is 7.25. The van der Waals surface area contributed by atoms with Crippen molar-refractivity contribution in [3.05, 3.63) is 18.0 Å². The van der Waals surface area contributed by atoms with Gasteiger partial charge in [0.25, 0.3) is 5.91 Å². The van der Waals surface area contributed by atoms with Crippen LogP contribution in [0.2, 0.25) is 0 Å². The molecule has 1 atom stereocenters. The Hall–Kier alpha value is -1.30. The molecule has 0 fully saturated rings. The Morgan fingerprint density at radius 3 is 2.85 bits per heavy atom. The van der Waals surface area contributed by atoms with Crippen molar-refractivity contribution in [2.24, 2.45) is 4.36 Å². The van der Waals surface area contributed by atoms with Crippen LogP contribution < -0.4 is 0 Å². The average molecular weight is 197 g/mol. The summed E-state index contributed by atoms with van der Waals surface area (Å²) in [6.45, 7) is 0. The van der Waals surface area contributed by atoms with Crippen LogP contribution in [-0.4, -0.2) is 26.6 Å². The summed E-state index contributed by atoms with van der Waals surface area (Å²) in [5.41, 5.74) is 0.669. The van der Waals surface area contributed by atoms with Crippen LogP contribution in [0.25, 0.3) is 0 Å². The molecule has 0 spiro atoms. The third-order valence-electron chi connectivity index (χ3n) is 1.80. The summed E-state index contributed by atoms with van der Waals surface area (Å²) >= 11 is 0. The molecular formula is C7H7N3O2S. The first-order valence-electron chi connectivity index (χ1n) is 3.64. The van der Waals surface area contributed by atoms with Gasteiger partial charge >= 0.3 is 0 Å². The van der Waals surface area contributed by atoms with E-state index in [9.17, 15) is 9.00 Å². The summed E-state index contributed by atoms with van der Waals surface area (Å²) in [7, 11) is -2.57. The van der Waals surface area contributed by atoms with Gasteiger partial charge in [-0.1, -0.05) is 0 Å². The van der Waals surface area contributed by atoms with Crippen LogP contribution in [0.3, 0.4) is 0 Å². The monoisotopic (exact) mass is 197 g/mol. The zero-order valence-corrected chi connectivity index (χ0v) is 7.74. The highest BCUT2D eigenvalue weighted by Crippen LogP contribution is 2.20. The molecule has 2 heterocycles. The normalized spacial score (nSPS) is 26.4. The Bertz CT molecular complexity index is 488. The number of rotatable bonds is 0. The third-order valence-corrected chi connectivity index (χ3v) is 3.53. The number of fused-ring (bicyclic) bond motifs is 1. The minimum atomic E-state index is -2.57.